The number of rotatable bonds is 3. The molecule has 0 aromatic heterocycles. The van der Waals surface area contributed by atoms with E-state index in [0.29, 0.717) is 5.57 Å². The van der Waals surface area contributed by atoms with Gasteiger partial charge in [-0.3, -0.25) is 4.79 Å². The number of halogens is 1. The Balaban J connectivity index is 2.28. The van der Waals surface area contributed by atoms with Crippen molar-refractivity contribution >= 4 is 33.4 Å². The van der Waals surface area contributed by atoms with Crippen LogP contribution in [0.3, 0.4) is 0 Å². The van der Waals surface area contributed by atoms with Crippen LogP contribution in [0.1, 0.15) is 12.0 Å². The summed E-state index contributed by atoms with van der Waals surface area (Å²) in [5.74, 6) is -1.48. The van der Waals surface area contributed by atoms with Gasteiger partial charge in [0.25, 0.3) is 0 Å². The first-order valence-electron chi connectivity index (χ1n) is 4.96. The van der Waals surface area contributed by atoms with Gasteiger partial charge in [0.15, 0.2) is 0 Å². The Kier molecular flexibility index (Phi) is 3.28. The number of carboxylic acid groups (broad SMARTS) is 1. The quantitative estimate of drug-likeness (QED) is 0.869. The number of aliphatic carboxylic acids is 1. The summed E-state index contributed by atoms with van der Waals surface area (Å²) in [5, 5.41) is 8.74. The molecule has 0 bridgehead atoms. The molecule has 0 spiro atoms. The normalized spacial score (nSPS) is 18.8. The molecule has 2 rings (SSSR count). The van der Waals surface area contributed by atoms with Crippen LogP contribution in [0.2, 0.25) is 0 Å². The lowest BCUT2D eigenvalue weighted by atomic mass is 9.99. The first kappa shape index (κ1) is 11.9. The molecule has 0 saturated heterocycles. The zero-order valence-electron chi connectivity index (χ0n) is 8.72. The lowest BCUT2D eigenvalue weighted by Gasteiger charge is -2.12. The fraction of sp³-hybridized carbons (Fsp3) is 0.167. The minimum atomic E-state index is -0.993. The van der Waals surface area contributed by atoms with E-state index in [2.05, 4.69) is 15.9 Å². The molecule has 0 amide bonds. The van der Waals surface area contributed by atoms with E-state index in [0.717, 1.165) is 10.0 Å². The van der Waals surface area contributed by atoms with Gasteiger partial charge in [0.2, 0.25) is 0 Å². The molecule has 5 heteroatoms. The highest BCUT2D eigenvalue weighted by Gasteiger charge is 2.29. The van der Waals surface area contributed by atoms with Crippen LogP contribution in [0.15, 0.2) is 34.8 Å². The van der Waals surface area contributed by atoms with Gasteiger partial charge < -0.3 is 9.84 Å². The van der Waals surface area contributed by atoms with Gasteiger partial charge in [-0.25, -0.2) is 4.79 Å². The summed E-state index contributed by atoms with van der Waals surface area (Å²) in [6.07, 6.45) is 0.436. The molecule has 0 aliphatic carbocycles. The van der Waals surface area contributed by atoms with E-state index in [1.54, 1.807) is 0 Å². The summed E-state index contributed by atoms with van der Waals surface area (Å²) in [5.41, 5.74) is 1.41. The number of carbonyl (C=O) groups excluding carboxylic acids is 1. The van der Waals surface area contributed by atoms with Crippen molar-refractivity contribution in [3.05, 3.63) is 40.4 Å². The van der Waals surface area contributed by atoms with Crippen molar-refractivity contribution in [2.45, 2.75) is 12.5 Å². The monoisotopic (exact) mass is 296 g/mol. The van der Waals surface area contributed by atoms with Crippen LogP contribution in [0.4, 0.5) is 0 Å². The van der Waals surface area contributed by atoms with Crippen LogP contribution >= 0.6 is 15.9 Å². The van der Waals surface area contributed by atoms with Gasteiger partial charge in [0, 0.05) is 16.1 Å². The summed E-state index contributed by atoms with van der Waals surface area (Å²) in [6, 6.07) is 7.28. The Hall–Kier alpha value is -1.62. The van der Waals surface area contributed by atoms with Crippen LogP contribution in [-0.2, 0) is 14.3 Å². The molecule has 88 valence electrons. The summed E-state index contributed by atoms with van der Waals surface area (Å²) < 4.78 is 5.86. The van der Waals surface area contributed by atoms with Crippen LogP contribution in [-0.4, -0.2) is 23.1 Å². The molecule has 1 heterocycles. The first-order chi connectivity index (χ1) is 8.06. The highest BCUT2D eigenvalue weighted by Crippen LogP contribution is 2.29. The highest BCUT2D eigenvalue weighted by atomic mass is 79.9. The Labute approximate surface area is 106 Å². The molecule has 17 heavy (non-hydrogen) atoms. The zero-order valence-corrected chi connectivity index (χ0v) is 10.3. The van der Waals surface area contributed by atoms with Crippen LogP contribution < -0.4 is 0 Å². The number of carboxylic acids is 1. The van der Waals surface area contributed by atoms with E-state index >= 15 is 0 Å². The Morgan fingerprint density at radius 3 is 2.59 bits per heavy atom. The van der Waals surface area contributed by atoms with Crippen LogP contribution in [0.25, 0.3) is 5.57 Å². The third-order valence-corrected chi connectivity index (χ3v) is 2.94. The second kappa shape index (κ2) is 4.71. The minimum Gasteiger partial charge on any atom is -0.481 e. The molecule has 1 atom stereocenters. The standard InChI is InChI=1S/C12H9BrO4/c13-8-3-1-7(2-4-8)9-5-12(16)17-10(9)6-11(14)15/h1-5,10H,6H2,(H,14,15). The minimum absolute atomic E-state index is 0.215. The SMILES string of the molecule is O=C(O)CC1OC(=O)C=C1c1ccc(Br)cc1. The largest absolute Gasteiger partial charge is 0.481 e. The molecule has 0 saturated carbocycles. The van der Waals surface area contributed by atoms with Gasteiger partial charge in [0.1, 0.15) is 6.10 Å². The fourth-order valence-corrected chi connectivity index (χ4v) is 1.94. The van der Waals surface area contributed by atoms with Gasteiger partial charge in [-0.2, -0.15) is 0 Å². The molecule has 1 aliphatic heterocycles. The number of hydrogen-bond donors (Lipinski definition) is 1. The number of hydrogen-bond acceptors (Lipinski definition) is 3. The van der Waals surface area contributed by atoms with Crippen molar-refractivity contribution in [2.24, 2.45) is 0 Å². The average molecular weight is 297 g/mol. The van der Waals surface area contributed by atoms with Crippen LogP contribution in [0, 0.1) is 0 Å². The molecule has 4 nitrogen and oxygen atoms in total. The van der Waals surface area contributed by atoms with Crippen molar-refractivity contribution in [2.75, 3.05) is 0 Å². The van der Waals surface area contributed by atoms with E-state index < -0.39 is 18.0 Å². The maximum absolute atomic E-state index is 11.2. The smallest absolute Gasteiger partial charge is 0.331 e. The molecule has 0 radical (unpaired) electrons. The number of esters is 1. The summed E-state index contributed by atoms with van der Waals surface area (Å²) in [7, 11) is 0. The van der Waals surface area contributed by atoms with Crippen molar-refractivity contribution in [3.8, 4) is 0 Å². The topological polar surface area (TPSA) is 63.6 Å². The Bertz CT molecular complexity index is 490. The van der Waals surface area contributed by atoms with Gasteiger partial charge in [-0.1, -0.05) is 28.1 Å². The second-order valence-corrected chi connectivity index (χ2v) is 4.55. The van der Waals surface area contributed by atoms with Gasteiger partial charge in [-0.05, 0) is 17.7 Å². The molecule has 1 aromatic carbocycles. The van der Waals surface area contributed by atoms with Gasteiger partial charge in [0.05, 0.1) is 6.42 Å². The maximum atomic E-state index is 11.2. The van der Waals surface area contributed by atoms with Gasteiger partial charge in [-0.15, -0.1) is 0 Å². The van der Waals surface area contributed by atoms with Crippen molar-refractivity contribution in [1.29, 1.82) is 0 Å². The maximum Gasteiger partial charge on any atom is 0.331 e. The van der Waals surface area contributed by atoms with Crippen molar-refractivity contribution in [3.63, 3.8) is 0 Å². The highest BCUT2D eigenvalue weighted by molar-refractivity contribution is 9.10. The molecular weight excluding hydrogens is 288 g/mol. The third-order valence-electron chi connectivity index (χ3n) is 2.42. The zero-order chi connectivity index (χ0) is 12.4. The number of carbonyl (C=O) groups is 2. The second-order valence-electron chi connectivity index (χ2n) is 3.63. The summed E-state index contributed by atoms with van der Waals surface area (Å²) in [4.78, 5) is 21.9. The third kappa shape index (κ3) is 2.74. The molecule has 0 fully saturated rings. The molecule has 1 unspecified atom stereocenters. The fourth-order valence-electron chi connectivity index (χ4n) is 1.68. The van der Waals surface area contributed by atoms with Crippen LogP contribution in [0.5, 0.6) is 0 Å². The first-order valence-corrected chi connectivity index (χ1v) is 5.75. The predicted octanol–water partition coefficient (Wildman–Crippen LogP) is 2.23. The van der Waals surface area contributed by atoms with E-state index in [4.69, 9.17) is 9.84 Å². The lowest BCUT2D eigenvalue weighted by molar-refractivity contribution is -0.144. The van der Waals surface area contributed by atoms with E-state index in [-0.39, 0.29) is 6.42 Å². The summed E-state index contributed by atoms with van der Waals surface area (Å²) >= 11 is 3.31. The van der Waals surface area contributed by atoms with Gasteiger partial charge >= 0.3 is 11.9 Å². The molecule has 1 N–H and O–H groups in total. The predicted molar refractivity (Wildman–Crippen MR) is 64.3 cm³/mol. The van der Waals surface area contributed by atoms with Crippen molar-refractivity contribution in [1.82, 2.24) is 0 Å². The number of ether oxygens (including phenoxy) is 1. The van der Waals surface area contributed by atoms with Crippen molar-refractivity contribution < 1.29 is 19.4 Å². The number of benzene rings is 1. The molecular formula is C12H9BrO4. The molecule has 1 aliphatic rings. The number of cyclic esters (lactones) is 1. The van der Waals surface area contributed by atoms with E-state index in [1.807, 2.05) is 24.3 Å². The lowest BCUT2D eigenvalue weighted by Crippen LogP contribution is -2.16. The average Bonchev–Trinajstić information content (AvgIpc) is 2.59. The van der Waals surface area contributed by atoms with E-state index in [1.165, 1.54) is 6.08 Å². The summed E-state index contributed by atoms with van der Waals surface area (Å²) in [6.45, 7) is 0. The Morgan fingerprint density at radius 1 is 1.35 bits per heavy atom. The Morgan fingerprint density at radius 2 is 2.00 bits per heavy atom. The van der Waals surface area contributed by atoms with E-state index in [9.17, 15) is 9.59 Å². The molecule has 1 aromatic rings.